The molecule has 4 aromatic heterocycles. The molecule has 12 nitrogen and oxygen atoms in total. The largest absolute Gasteiger partial charge is 0.507 e. The van der Waals surface area contributed by atoms with Gasteiger partial charge in [0, 0.05) is 56.6 Å². The topological polar surface area (TPSA) is 202 Å². The number of phenolic OH excluding ortho intramolecular Hbond substituents is 4. The first-order chi connectivity index (χ1) is 41.5. The SMILES string of the molecule is CC(C)Cc1oc2ccccc2c1C(=O)c1cc(I)c(O)c(I)c1.CCc1oc2ccccc2c1C(=O)c1cc(I)c(O)c(I)c1.Cc1oc2ccccc2c1C(=O)c1cc(I)c(O)c(I)c1.Cc1oc2ccccc2c1C(=O)c1ccc(O)c(I)c1. The van der Waals surface area contributed by atoms with E-state index < -0.39 is 0 Å². The predicted octanol–water partition coefficient (Wildman–Crippen LogP) is 20.1. The lowest BCUT2D eigenvalue weighted by Gasteiger charge is -2.08. The fourth-order valence-corrected chi connectivity index (χ4v) is 15.5. The van der Waals surface area contributed by atoms with Crippen molar-refractivity contribution >= 4 is 225 Å². The number of aryl methyl sites for hydroxylation is 3. The highest BCUT2D eigenvalue weighted by molar-refractivity contribution is 14.1. The van der Waals surface area contributed by atoms with Crippen molar-refractivity contribution in [1.82, 2.24) is 0 Å². The molecule has 8 aromatic carbocycles. The minimum absolute atomic E-state index is 0.0635. The van der Waals surface area contributed by atoms with Gasteiger partial charge in [-0.1, -0.05) is 93.6 Å². The number of benzene rings is 8. The van der Waals surface area contributed by atoms with E-state index in [0.717, 1.165) is 38.5 Å². The predicted molar refractivity (Wildman–Crippen MR) is 397 cm³/mol. The van der Waals surface area contributed by atoms with Crippen LogP contribution in [0.5, 0.6) is 23.0 Å². The van der Waals surface area contributed by atoms with Gasteiger partial charge >= 0.3 is 0 Å². The molecule has 442 valence electrons. The molecule has 0 amide bonds. The molecule has 0 unspecified atom stereocenters. The maximum absolute atomic E-state index is 13.2. The molecule has 0 spiro atoms. The summed E-state index contributed by atoms with van der Waals surface area (Å²) in [6.45, 7) is 9.77. The highest BCUT2D eigenvalue weighted by atomic mass is 127. The zero-order valence-corrected chi connectivity index (χ0v) is 61.7. The number of fused-ring (bicyclic) bond motifs is 4. The first-order valence-corrected chi connectivity index (χ1v) is 34.2. The van der Waals surface area contributed by atoms with Crippen LogP contribution in [0.25, 0.3) is 43.9 Å². The van der Waals surface area contributed by atoms with E-state index in [1.807, 2.05) is 262 Å². The number of carbonyl (C=O) groups is 4. The van der Waals surface area contributed by atoms with Crippen molar-refractivity contribution in [1.29, 1.82) is 0 Å². The monoisotopic (exact) mass is 1950 g/mol. The Morgan fingerprint density at radius 2 is 0.667 bits per heavy atom. The van der Waals surface area contributed by atoms with Gasteiger partial charge in [-0.25, -0.2) is 0 Å². The molecule has 0 fully saturated rings. The van der Waals surface area contributed by atoms with Crippen molar-refractivity contribution < 1.29 is 57.3 Å². The lowest BCUT2D eigenvalue weighted by atomic mass is 9.97. The maximum atomic E-state index is 13.2. The van der Waals surface area contributed by atoms with Gasteiger partial charge in [0.2, 0.25) is 0 Å². The quantitative estimate of drug-likeness (QED) is 0.0706. The van der Waals surface area contributed by atoms with Crippen LogP contribution >= 0.6 is 158 Å². The first kappa shape index (κ1) is 66.3. The van der Waals surface area contributed by atoms with E-state index in [-0.39, 0.29) is 46.1 Å². The normalized spacial score (nSPS) is 11.1. The van der Waals surface area contributed by atoms with Crippen molar-refractivity contribution in [2.45, 2.75) is 47.5 Å². The summed E-state index contributed by atoms with van der Waals surface area (Å²) in [5, 5.41) is 42.5. The van der Waals surface area contributed by atoms with Crippen LogP contribution in [-0.4, -0.2) is 43.6 Å². The van der Waals surface area contributed by atoms with Gasteiger partial charge in [0.05, 0.1) is 47.2 Å². The molecule has 0 atom stereocenters. The highest BCUT2D eigenvalue weighted by Gasteiger charge is 2.26. The van der Waals surface area contributed by atoms with Crippen LogP contribution in [0.1, 0.15) is 107 Å². The molecule has 0 aliphatic carbocycles. The third-order valence-corrected chi connectivity index (χ3v) is 19.5. The van der Waals surface area contributed by atoms with Gasteiger partial charge in [0.15, 0.2) is 23.1 Å². The number of phenols is 4. The molecular weight excluding hydrogens is 1900 g/mol. The van der Waals surface area contributed by atoms with Crippen LogP contribution < -0.4 is 0 Å². The van der Waals surface area contributed by atoms with Crippen molar-refractivity contribution in [3.05, 3.63) is 244 Å². The summed E-state index contributed by atoms with van der Waals surface area (Å²) < 4.78 is 27.7. The molecule has 0 aliphatic heterocycles. The Morgan fingerprint density at radius 3 is 1.01 bits per heavy atom. The summed E-state index contributed by atoms with van der Waals surface area (Å²) in [5.74, 6) is 3.53. The molecule has 12 rings (SSSR count). The minimum atomic E-state index is -0.0923. The second-order valence-electron chi connectivity index (χ2n) is 20.2. The smallest absolute Gasteiger partial charge is 0.197 e. The minimum Gasteiger partial charge on any atom is -0.507 e. The third kappa shape index (κ3) is 14.6. The van der Waals surface area contributed by atoms with Gasteiger partial charge in [-0.2, -0.15) is 0 Å². The number of rotatable bonds is 11. The van der Waals surface area contributed by atoms with Gasteiger partial charge in [-0.3, -0.25) is 19.2 Å². The summed E-state index contributed by atoms with van der Waals surface area (Å²) in [6.07, 6.45) is 1.37. The van der Waals surface area contributed by atoms with Crippen molar-refractivity contribution in [3.63, 3.8) is 0 Å². The standard InChI is InChI=1S/C19H16I2O3.C17H12I2O3.C16H10I2O3.C16H11IO3/c1-10(2)7-16-17(12-5-3-4-6-15(12)24-16)18(22)11-8-13(20)19(23)14(21)9-11;1-2-13-15(10-5-3-4-6-14(10)22-13)16(20)9-7-11(18)17(21)12(19)8-9;1-8-14(10-4-2-3-5-13(10)21-8)15(19)9-6-11(17)16(20)12(18)7-9;1-9-15(11-4-2-3-5-14(11)20-9)16(19)10-6-7-13(18)12(17)8-10/h3-6,8-10,23H,7H2,1-2H3;3-8,21H,2H2,1H3;2-7,20H,1H3;2-8,18H,1H3. The fourth-order valence-electron chi connectivity index (χ4n) is 9.67. The molecule has 0 bridgehead atoms. The number of aromatic hydroxyl groups is 4. The average molecular weight is 1950 g/mol. The number of hydrogen-bond acceptors (Lipinski definition) is 12. The van der Waals surface area contributed by atoms with E-state index in [1.165, 1.54) is 6.07 Å². The van der Waals surface area contributed by atoms with Crippen molar-refractivity contribution in [2.75, 3.05) is 0 Å². The van der Waals surface area contributed by atoms with Crippen LogP contribution in [0.15, 0.2) is 169 Å². The second-order valence-corrected chi connectivity index (χ2v) is 28.3. The summed E-state index contributed by atoms with van der Waals surface area (Å²) in [7, 11) is 0. The number of carbonyl (C=O) groups excluding carboxylic acids is 4. The van der Waals surface area contributed by atoms with Crippen LogP contribution in [0.4, 0.5) is 0 Å². The number of ketones is 4. The Morgan fingerprint density at radius 1 is 0.379 bits per heavy atom. The molecular formula is C68H49I7O12. The number of hydrogen-bond donors (Lipinski definition) is 4. The van der Waals surface area contributed by atoms with E-state index in [4.69, 9.17) is 17.7 Å². The van der Waals surface area contributed by atoms with Crippen LogP contribution in [-0.2, 0) is 12.8 Å². The average Bonchev–Trinajstić information content (AvgIpc) is 2.19. The van der Waals surface area contributed by atoms with Gasteiger partial charge in [-0.15, -0.1) is 0 Å². The lowest BCUT2D eigenvalue weighted by molar-refractivity contribution is 0.103. The number of halogens is 7. The maximum Gasteiger partial charge on any atom is 0.197 e. The van der Waals surface area contributed by atoms with Crippen LogP contribution in [0.3, 0.4) is 0 Å². The summed E-state index contributed by atoms with van der Waals surface area (Å²) in [4.78, 5) is 51.6. The molecule has 0 aliphatic rings. The molecule has 4 N–H and O–H groups in total. The molecule has 19 heteroatoms. The van der Waals surface area contributed by atoms with Gasteiger partial charge in [-0.05, 0) is 257 Å². The fraction of sp³-hybridized carbons (Fsp3) is 0.118. The molecule has 0 saturated heterocycles. The highest BCUT2D eigenvalue weighted by Crippen LogP contribution is 2.37. The van der Waals surface area contributed by atoms with Crippen LogP contribution in [0, 0.1) is 44.8 Å². The Labute approximate surface area is 595 Å². The van der Waals surface area contributed by atoms with Gasteiger partial charge in [0.25, 0.3) is 0 Å². The van der Waals surface area contributed by atoms with Gasteiger partial charge < -0.3 is 38.1 Å². The zero-order valence-electron chi connectivity index (χ0n) is 46.6. The molecule has 87 heavy (non-hydrogen) atoms. The Kier molecular flexibility index (Phi) is 22.0. The van der Waals surface area contributed by atoms with E-state index in [9.17, 15) is 39.6 Å². The molecule has 12 aromatic rings. The lowest BCUT2D eigenvalue weighted by Crippen LogP contribution is -2.06. The van der Waals surface area contributed by atoms with Gasteiger partial charge in [0.1, 0.15) is 68.4 Å². The molecule has 0 saturated carbocycles. The summed E-state index contributed by atoms with van der Waals surface area (Å²) in [5.41, 5.74) is 7.54. The van der Waals surface area contributed by atoms with E-state index in [0.29, 0.717) is 117 Å². The molecule has 0 radical (unpaired) electrons. The number of para-hydroxylation sites is 4. The van der Waals surface area contributed by atoms with E-state index >= 15 is 0 Å². The number of furan rings is 4. The van der Waals surface area contributed by atoms with E-state index in [2.05, 4.69) is 13.8 Å². The van der Waals surface area contributed by atoms with Crippen molar-refractivity contribution in [2.24, 2.45) is 5.92 Å². The second kappa shape index (κ2) is 28.8. The Balaban J connectivity index is 0.000000139. The first-order valence-electron chi connectivity index (χ1n) is 26.7. The summed E-state index contributed by atoms with van der Waals surface area (Å²) in [6, 6.07) is 45.3. The Bertz CT molecular complexity index is 4590. The van der Waals surface area contributed by atoms with Crippen molar-refractivity contribution in [3.8, 4) is 23.0 Å². The summed E-state index contributed by atoms with van der Waals surface area (Å²) >= 11 is 14.2. The molecule has 4 heterocycles. The zero-order chi connectivity index (χ0) is 62.7. The van der Waals surface area contributed by atoms with E-state index in [1.54, 1.807) is 62.4 Å². The van der Waals surface area contributed by atoms with Crippen LogP contribution in [0.2, 0.25) is 0 Å². The Hall–Kier alpha value is -5.09. The third-order valence-electron chi connectivity index (χ3n) is 13.7.